The Morgan fingerprint density at radius 3 is 2.39 bits per heavy atom. The van der Waals surface area contributed by atoms with E-state index in [1.807, 2.05) is 30.0 Å². The fourth-order valence-electron chi connectivity index (χ4n) is 3.92. The van der Waals surface area contributed by atoms with Crippen LogP contribution in [0.4, 0.5) is 5.69 Å². The molecule has 1 saturated heterocycles. The van der Waals surface area contributed by atoms with Crippen LogP contribution >= 0.6 is 11.6 Å². The van der Waals surface area contributed by atoms with E-state index in [2.05, 4.69) is 34.6 Å². The number of nitrogens with zero attached hydrogens (tertiary/aromatic N) is 2. The van der Waals surface area contributed by atoms with E-state index in [0.29, 0.717) is 27.9 Å². The second-order valence-electron chi connectivity index (χ2n) is 7.83. The lowest BCUT2D eigenvalue weighted by molar-refractivity contribution is 0.0712. The molecule has 0 unspecified atom stereocenters. The van der Waals surface area contributed by atoms with Crippen molar-refractivity contribution in [2.24, 2.45) is 0 Å². The fraction of sp³-hybridized carbons (Fsp3) is 0.240. The SMILES string of the molecule is Cc1ccc(C(=O)N2CCC(c3ccccc3)CC2)cc1NC(=O)c1ccc(Cl)nc1. The molecule has 0 saturated carbocycles. The van der Waals surface area contributed by atoms with Crippen LogP contribution in [0, 0.1) is 6.92 Å². The standard InChI is InChI=1S/C25H24ClN3O2/c1-17-7-8-20(15-22(17)28-24(30)21-9-10-23(26)27-16-21)25(31)29-13-11-19(12-14-29)18-5-3-2-4-6-18/h2-10,15-16,19H,11-14H2,1H3,(H,28,30). The predicted octanol–water partition coefficient (Wildman–Crippen LogP) is 5.32. The first kappa shape index (κ1) is 21.1. The Labute approximate surface area is 187 Å². The predicted molar refractivity (Wildman–Crippen MR) is 123 cm³/mol. The van der Waals surface area contributed by atoms with Gasteiger partial charge >= 0.3 is 0 Å². The van der Waals surface area contributed by atoms with E-state index in [1.165, 1.54) is 11.8 Å². The molecule has 0 atom stereocenters. The molecule has 5 nitrogen and oxygen atoms in total. The molecule has 1 aromatic heterocycles. The van der Waals surface area contributed by atoms with Gasteiger partial charge in [-0.05, 0) is 61.1 Å². The van der Waals surface area contributed by atoms with Gasteiger partial charge in [0.05, 0.1) is 5.56 Å². The summed E-state index contributed by atoms with van der Waals surface area (Å²) < 4.78 is 0. The van der Waals surface area contributed by atoms with Gasteiger partial charge in [-0.3, -0.25) is 9.59 Å². The molecule has 2 amide bonds. The number of aromatic nitrogens is 1. The van der Waals surface area contributed by atoms with Crippen molar-refractivity contribution in [3.05, 3.63) is 94.3 Å². The van der Waals surface area contributed by atoms with Crippen molar-refractivity contribution in [2.75, 3.05) is 18.4 Å². The van der Waals surface area contributed by atoms with E-state index in [1.54, 1.807) is 18.2 Å². The smallest absolute Gasteiger partial charge is 0.257 e. The van der Waals surface area contributed by atoms with Crippen molar-refractivity contribution in [1.82, 2.24) is 9.88 Å². The van der Waals surface area contributed by atoms with Crippen molar-refractivity contribution in [2.45, 2.75) is 25.7 Å². The second kappa shape index (κ2) is 9.31. The first-order valence-corrected chi connectivity index (χ1v) is 10.8. The molecule has 158 valence electrons. The zero-order chi connectivity index (χ0) is 21.8. The molecule has 0 radical (unpaired) electrons. The number of piperidine rings is 1. The van der Waals surface area contributed by atoms with Gasteiger partial charge in [-0.2, -0.15) is 0 Å². The maximum absolute atomic E-state index is 13.1. The summed E-state index contributed by atoms with van der Waals surface area (Å²) in [5.74, 6) is 0.196. The Bertz CT molecular complexity index is 1080. The second-order valence-corrected chi connectivity index (χ2v) is 8.22. The van der Waals surface area contributed by atoms with Gasteiger partial charge in [-0.25, -0.2) is 4.98 Å². The highest BCUT2D eigenvalue weighted by Crippen LogP contribution is 2.29. The third-order valence-electron chi connectivity index (χ3n) is 5.78. The Hall–Kier alpha value is -3.18. The summed E-state index contributed by atoms with van der Waals surface area (Å²) in [7, 11) is 0. The van der Waals surface area contributed by atoms with Gasteiger partial charge in [0.1, 0.15) is 5.15 Å². The molecule has 1 N–H and O–H groups in total. The molecule has 4 rings (SSSR count). The number of pyridine rings is 1. The van der Waals surface area contributed by atoms with Gasteiger partial charge in [0, 0.05) is 30.5 Å². The van der Waals surface area contributed by atoms with Crippen molar-refractivity contribution >= 4 is 29.1 Å². The molecular formula is C25H24ClN3O2. The van der Waals surface area contributed by atoms with E-state index in [-0.39, 0.29) is 11.8 Å². The number of hydrogen-bond donors (Lipinski definition) is 1. The number of aryl methyl sites for hydroxylation is 1. The summed E-state index contributed by atoms with van der Waals surface area (Å²) in [4.78, 5) is 31.5. The summed E-state index contributed by atoms with van der Waals surface area (Å²) in [6, 6.07) is 19.1. The number of anilines is 1. The van der Waals surface area contributed by atoms with Crippen LogP contribution in [0.3, 0.4) is 0 Å². The average molecular weight is 434 g/mol. The number of likely N-dealkylation sites (tertiary alicyclic amines) is 1. The van der Waals surface area contributed by atoms with Crippen LogP contribution in [-0.4, -0.2) is 34.8 Å². The van der Waals surface area contributed by atoms with Crippen molar-refractivity contribution in [1.29, 1.82) is 0 Å². The van der Waals surface area contributed by atoms with Crippen LogP contribution in [0.2, 0.25) is 5.15 Å². The van der Waals surface area contributed by atoms with Crippen LogP contribution in [0.25, 0.3) is 0 Å². The van der Waals surface area contributed by atoms with Crippen LogP contribution in [0.1, 0.15) is 50.6 Å². The summed E-state index contributed by atoms with van der Waals surface area (Å²) in [6.07, 6.45) is 3.34. The Morgan fingerprint density at radius 1 is 1.00 bits per heavy atom. The molecule has 6 heteroatoms. The Morgan fingerprint density at radius 2 is 1.71 bits per heavy atom. The lowest BCUT2D eigenvalue weighted by Crippen LogP contribution is -2.38. The Kier molecular flexibility index (Phi) is 6.33. The van der Waals surface area contributed by atoms with Gasteiger partial charge in [-0.15, -0.1) is 0 Å². The van der Waals surface area contributed by atoms with E-state index in [9.17, 15) is 9.59 Å². The van der Waals surface area contributed by atoms with Crippen molar-refractivity contribution in [3.63, 3.8) is 0 Å². The van der Waals surface area contributed by atoms with Crippen molar-refractivity contribution in [3.8, 4) is 0 Å². The number of carbonyl (C=O) groups excluding carboxylic acids is 2. The summed E-state index contributed by atoms with van der Waals surface area (Å²) in [6.45, 7) is 3.35. The zero-order valence-electron chi connectivity index (χ0n) is 17.3. The highest BCUT2D eigenvalue weighted by molar-refractivity contribution is 6.29. The van der Waals surface area contributed by atoms with Gasteiger partial charge in [0.15, 0.2) is 0 Å². The molecule has 0 spiro atoms. The van der Waals surface area contributed by atoms with Crippen LogP contribution in [0.15, 0.2) is 66.9 Å². The lowest BCUT2D eigenvalue weighted by atomic mass is 9.89. The molecule has 1 aliphatic heterocycles. The highest BCUT2D eigenvalue weighted by Gasteiger charge is 2.25. The number of hydrogen-bond acceptors (Lipinski definition) is 3. The van der Waals surface area contributed by atoms with E-state index >= 15 is 0 Å². The number of rotatable bonds is 4. The topological polar surface area (TPSA) is 62.3 Å². The summed E-state index contributed by atoms with van der Waals surface area (Å²) in [5, 5.41) is 3.21. The largest absolute Gasteiger partial charge is 0.339 e. The number of amides is 2. The van der Waals surface area contributed by atoms with E-state index in [4.69, 9.17) is 11.6 Å². The third kappa shape index (κ3) is 4.94. The average Bonchev–Trinajstić information content (AvgIpc) is 2.81. The molecule has 2 aromatic carbocycles. The van der Waals surface area contributed by atoms with Crippen LogP contribution in [0.5, 0.6) is 0 Å². The van der Waals surface area contributed by atoms with Crippen molar-refractivity contribution < 1.29 is 9.59 Å². The Balaban J connectivity index is 1.43. The van der Waals surface area contributed by atoms with Gasteiger partial charge in [0.2, 0.25) is 0 Å². The molecule has 31 heavy (non-hydrogen) atoms. The number of halogens is 1. The lowest BCUT2D eigenvalue weighted by Gasteiger charge is -2.32. The number of nitrogens with one attached hydrogen (secondary N) is 1. The molecule has 0 bridgehead atoms. The minimum absolute atomic E-state index is 0.00447. The molecule has 2 heterocycles. The first-order chi connectivity index (χ1) is 15.0. The fourth-order valence-corrected chi connectivity index (χ4v) is 4.03. The maximum atomic E-state index is 13.1. The normalized spacial score (nSPS) is 14.3. The first-order valence-electron chi connectivity index (χ1n) is 10.4. The zero-order valence-corrected chi connectivity index (χ0v) is 18.1. The van der Waals surface area contributed by atoms with Crippen LogP contribution in [-0.2, 0) is 0 Å². The third-order valence-corrected chi connectivity index (χ3v) is 6.00. The monoisotopic (exact) mass is 433 g/mol. The number of carbonyl (C=O) groups is 2. The van der Waals surface area contributed by atoms with Crippen LogP contribution < -0.4 is 5.32 Å². The molecule has 1 fully saturated rings. The minimum atomic E-state index is -0.291. The van der Waals surface area contributed by atoms with E-state index < -0.39 is 0 Å². The molecular weight excluding hydrogens is 410 g/mol. The summed E-state index contributed by atoms with van der Waals surface area (Å²) in [5.41, 5.74) is 3.82. The van der Waals surface area contributed by atoms with Gasteiger partial charge in [0.25, 0.3) is 11.8 Å². The van der Waals surface area contributed by atoms with E-state index in [0.717, 1.165) is 31.5 Å². The van der Waals surface area contributed by atoms with Gasteiger partial charge < -0.3 is 10.2 Å². The quantitative estimate of drug-likeness (QED) is 0.566. The maximum Gasteiger partial charge on any atom is 0.257 e. The molecule has 1 aliphatic rings. The number of benzene rings is 2. The summed E-state index contributed by atoms with van der Waals surface area (Å²) >= 11 is 5.79. The molecule has 3 aromatic rings. The molecule has 0 aliphatic carbocycles. The van der Waals surface area contributed by atoms with Gasteiger partial charge in [-0.1, -0.05) is 48.0 Å². The minimum Gasteiger partial charge on any atom is -0.339 e. The highest BCUT2D eigenvalue weighted by atomic mass is 35.5.